The number of carbonyl (C=O) groups is 2. The van der Waals surface area contributed by atoms with Crippen molar-refractivity contribution in [1.82, 2.24) is 10.2 Å². The fourth-order valence-electron chi connectivity index (χ4n) is 2.57. The second kappa shape index (κ2) is 15.8. The molecule has 2 rings (SSSR count). The Morgan fingerprint density at radius 2 is 1.19 bits per heavy atom. The summed E-state index contributed by atoms with van der Waals surface area (Å²) in [6.07, 6.45) is 1.49. The number of halogens is 3. The van der Waals surface area contributed by atoms with Gasteiger partial charge in [-0.15, -0.1) is 0 Å². The molecule has 2 atom stereocenters. The van der Waals surface area contributed by atoms with Gasteiger partial charge in [0.25, 0.3) is 0 Å². The lowest BCUT2D eigenvalue weighted by atomic mass is 10.0. The number of Topliss-reactive ketones (excluding diaryl/α,β-unsaturated/α-hetero) is 2. The van der Waals surface area contributed by atoms with Crippen molar-refractivity contribution >= 4 is 27.5 Å². The van der Waals surface area contributed by atoms with Crippen molar-refractivity contribution in [3.8, 4) is 0 Å². The van der Waals surface area contributed by atoms with Crippen molar-refractivity contribution in [1.29, 1.82) is 0 Å². The van der Waals surface area contributed by atoms with E-state index in [-0.39, 0.29) is 34.1 Å². The van der Waals surface area contributed by atoms with Crippen molar-refractivity contribution in [2.45, 2.75) is 37.6 Å². The number of carbonyl (C=O) groups excluding carboxylic acids is 2. The van der Waals surface area contributed by atoms with Crippen LogP contribution in [0.15, 0.2) is 48.5 Å². The first-order chi connectivity index (χ1) is 14.6. The first-order valence-electron chi connectivity index (χ1n) is 10.1. The van der Waals surface area contributed by atoms with E-state index in [2.05, 4.69) is 21.2 Å². The van der Waals surface area contributed by atoms with Crippen LogP contribution in [-0.2, 0) is 0 Å². The molecule has 31 heavy (non-hydrogen) atoms. The molecule has 0 aromatic heterocycles. The lowest BCUT2D eigenvalue weighted by molar-refractivity contribution is 0.0871. The third-order valence-corrected chi connectivity index (χ3v) is 5.28. The predicted octanol–water partition coefficient (Wildman–Crippen LogP) is 5.37. The normalized spacial score (nSPS) is 12.1. The summed E-state index contributed by atoms with van der Waals surface area (Å²) in [5.41, 5.74) is 1.11. The summed E-state index contributed by atoms with van der Waals surface area (Å²) in [7, 11) is 7.49. The SMILES string of the molecule is CCC(Br)C(=O)c1ccc(F)cc1.CCC(C(=O)c1ccc(F)cc1)N(C)C.CNC. The number of nitrogens with one attached hydrogen (secondary N) is 1. The Morgan fingerprint density at radius 3 is 1.48 bits per heavy atom. The van der Waals surface area contributed by atoms with Crippen LogP contribution in [0.4, 0.5) is 8.78 Å². The summed E-state index contributed by atoms with van der Waals surface area (Å²) in [5.74, 6) is -0.589. The summed E-state index contributed by atoms with van der Waals surface area (Å²) in [4.78, 5) is 25.2. The first kappa shape index (κ1) is 29.0. The summed E-state index contributed by atoms with van der Waals surface area (Å²) in [6.45, 7) is 3.88. The highest BCUT2D eigenvalue weighted by atomic mass is 79.9. The number of rotatable bonds is 7. The molecule has 0 heterocycles. The van der Waals surface area contributed by atoms with Gasteiger partial charge < -0.3 is 5.32 Å². The summed E-state index contributed by atoms with van der Waals surface area (Å²) in [6, 6.07) is 11.2. The molecule has 0 spiro atoms. The van der Waals surface area contributed by atoms with Gasteiger partial charge in [-0.25, -0.2) is 8.78 Å². The van der Waals surface area contributed by atoms with Gasteiger partial charge in [-0.1, -0.05) is 29.8 Å². The maximum absolute atomic E-state index is 12.7. The second-order valence-electron chi connectivity index (χ2n) is 7.01. The monoisotopic (exact) mass is 498 g/mol. The molecule has 7 heteroatoms. The lowest BCUT2D eigenvalue weighted by Gasteiger charge is -2.21. The van der Waals surface area contributed by atoms with Crippen molar-refractivity contribution in [3.05, 3.63) is 71.3 Å². The topological polar surface area (TPSA) is 49.4 Å². The highest BCUT2D eigenvalue weighted by Gasteiger charge is 2.19. The third kappa shape index (κ3) is 10.8. The van der Waals surface area contributed by atoms with Gasteiger partial charge in [0.2, 0.25) is 0 Å². The van der Waals surface area contributed by atoms with E-state index in [9.17, 15) is 18.4 Å². The van der Waals surface area contributed by atoms with Crippen LogP contribution in [0.25, 0.3) is 0 Å². The standard InChI is InChI=1S/C12H16FNO.C10H10BrFO.C2H7N/c1-4-11(14(2)3)12(15)9-5-7-10(13)8-6-9;1-2-9(11)10(13)7-3-5-8(12)6-4-7;1-3-2/h5-8,11H,4H2,1-3H3;3-6,9H,2H2,1H3;3H,1-2H3. The Kier molecular flexibility index (Phi) is 14.8. The number of nitrogens with zero attached hydrogens (tertiary/aromatic N) is 1. The van der Waals surface area contributed by atoms with E-state index < -0.39 is 0 Å². The van der Waals surface area contributed by atoms with Crippen molar-refractivity contribution in [2.24, 2.45) is 0 Å². The van der Waals surface area contributed by atoms with Crippen LogP contribution in [0.3, 0.4) is 0 Å². The highest BCUT2D eigenvalue weighted by molar-refractivity contribution is 9.10. The molecule has 2 aromatic carbocycles. The third-order valence-electron chi connectivity index (χ3n) is 4.21. The maximum Gasteiger partial charge on any atom is 0.179 e. The van der Waals surface area contributed by atoms with Crippen LogP contribution < -0.4 is 5.32 Å². The molecule has 4 nitrogen and oxygen atoms in total. The van der Waals surface area contributed by atoms with Gasteiger partial charge in [0, 0.05) is 11.1 Å². The number of alkyl halides is 1. The van der Waals surface area contributed by atoms with Crippen LogP contribution in [-0.4, -0.2) is 55.5 Å². The molecule has 1 N–H and O–H groups in total. The van der Waals surface area contributed by atoms with Gasteiger partial charge >= 0.3 is 0 Å². The van der Waals surface area contributed by atoms with Crippen LogP contribution in [0, 0.1) is 11.6 Å². The minimum atomic E-state index is -0.320. The lowest BCUT2D eigenvalue weighted by Crippen LogP contribution is -2.35. The fourth-order valence-corrected chi connectivity index (χ4v) is 2.84. The molecule has 0 saturated carbocycles. The molecule has 0 fully saturated rings. The van der Waals surface area contributed by atoms with E-state index in [0.29, 0.717) is 11.1 Å². The Hall–Kier alpha value is -1.96. The number of benzene rings is 2. The zero-order valence-electron chi connectivity index (χ0n) is 19.1. The second-order valence-corrected chi connectivity index (χ2v) is 8.11. The molecule has 2 aromatic rings. The molecule has 0 aliphatic carbocycles. The minimum Gasteiger partial charge on any atom is -0.323 e. The van der Waals surface area contributed by atoms with E-state index in [0.717, 1.165) is 12.8 Å². The highest BCUT2D eigenvalue weighted by Crippen LogP contribution is 2.14. The van der Waals surface area contributed by atoms with Gasteiger partial charge in [-0.2, -0.15) is 0 Å². The largest absolute Gasteiger partial charge is 0.323 e. The molecular formula is C24H33BrF2N2O2. The van der Waals surface area contributed by atoms with Crippen LogP contribution >= 0.6 is 15.9 Å². The molecular weight excluding hydrogens is 466 g/mol. The summed E-state index contributed by atoms with van der Waals surface area (Å²) in [5, 5.41) is 2.75. The molecule has 0 aliphatic rings. The molecule has 0 amide bonds. The summed E-state index contributed by atoms with van der Waals surface area (Å²) >= 11 is 3.25. The Bertz CT molecular complexity index is 781. The molecule has 0 saturated heterocycles. The number of ketones is 2. The van der Waals surface area contributed by atoms with E-state index in [1.165, 1.54) is 48.5 Å². The minimum absolute atomic E-state index is 0.00231. The molecule has 0 radical (unpaired) electrons. The van der Waals surface area contributed by atoms with Crippen molar-refractivity contribution < 1.29 is 18.4 Å². The zero-order valence-corrected chi connectivity index (χ0v) is 20.7. The van der Waals surface area contributed by atoms with E-state index in [4.69, 9.17) is 0 Å². The average molecular weight is 499 g/mol. The van der Waals surface area contributed by atoms with E-state index in [1.807, 2.05) is 46.9 Å². The molecule has 172 valence electrons. The van der Waals surface area contributed by atoms with Gasteiger partial charge in [0.1, 0.15) is 11.6 Å². The predicted molar refractivity (Wildman–Crippen MR) is 127 cm³/mol. The van der Waals surface area contributed by atoms with Gasteiger partial charge in [0.15, 0.2) is 11.6 Å². The zero-order chi connectivity index (χ0) is 24.0. The first-order valence-corrected chi connectivity index (χ1v) is 11.0. The fraction of sp³-hybridized carbons (Fsp3) is 0.417. The molecule has 0 aliphatic heterocycles. The van der Waals surface area contributed by atoms with Crippen LogP contribution in [0.2, 0.25) is 0 Å². The Morgan fingerprint density at radius 1 is 0.839 bits per heavy atom. The maximum atomic E-state index is 12.7. The Labute approximate surface area is 193 Å². The van der Waals surface area contributed by atoms with Gasteiger partial charge in [0.05, 0.1) is 10.9 Å². The number of hydrogen-bond acceptors (Lipinski definition) is 4. The van der Waals surface area contributed by atoms with E-state index >= 15 is 0 Å². The van der Waals surface area contributed by atoms with Crippen molar-refractivity contribution in [2.75, 3.05) is 28.2 Å². The smallest absolute Gasteiger partial charge is 0.179 e. The van der Waals surface area contributed by atoms with Crippen molar-refractivity contribution in [3.63, 3.8) is 0 Å². The molecule has 0 bridgehead atoms. The summed E-state index contributed by atoms with van der Waals surface area (Å²) < 4.78 is 25.2. The number of likely N-dealkylation sites (N-methyl/N-ethyl adjacent to an activating group) is 1. The average Bonchev–Trinajstić information content (AvgIpc) is 2.75. The van der Waals surface area contributed by atoms with Crippen LogP contribution in [0.1, 0.15) is 47.4 Å². The Balaban J connectivity index is 0.000000519. The number of hydrogen-bond donors (Lipinski definition) is 1. The van der Waals surface area contributed by atoms with Crippen LogP contribution in [0.5, 0.6) is 0 Å². The quantitative estimate of drug-likeness (QED) is 0.412. The van der Waals surface area contributed by atoms with E-state index in [1.54, 1.807) is 0 Å². The molecule has 2 unspecified atom stereocenters. The van der Waals surface area contributed by atoms with Gasteiger partial charge in [-0.05, 0) is 89.6 Å². The van der Waals surface area contributed by atoms with Gasteiger partial charge in [-0.3, -0.25) is 14.5 Å².